The molecule has 0 rings (SSSR count). The van der Waals surface area contributed by atoms with Crippen molar-refractivity contribution in [1.82, 2.24) is 0 Å². The molecule has 1 N–H and O–H groups in total. The van der Waals surface area contributed by atoms with Crippen molar-refractivity contribution in [1.29, 1.82) is 0 Å². The third-order valence-electron chi connectivity index (χ3n) is 2.15. The van der Waals surface area contributed by atoms with Crippen LogP contribution in [-0.2, 0) is 4.74 Å². The molecule has 0 amide bonds. The SMILES string of the molecule is C=CC(C)(O)CCOC(C)CCC. The van der Waals surface area contributed by atoms with Gasteiger partial charge in [-0.05, 0) is 20.3 Å². The van der Waals surface area contributed by atoms with Gasteiger partial charge in [-0.3, -0.25) is 0 Å². The van der Waals surface area contributed by atoms with Crippen LogP contribution < -0.4 is 0 Å². The highest BCUT2D eigenvalue weighted by Gasteiger charge is 2.15. The molecule has 0 aromatic carbocycles. The molecule has 0 aromatic rings. The van der Waals surface area contributed by atoms with Crippen LogP contribution in [0.25, 0.3) is 0 Å². The first-order chi connectivity index (χ1) is 6.02. The van der Waals surface area contributed by atoms with Crippen molar-refractivity contribution < 1.29 is 9.84 Å². The number of hydrogen-bond donors (Lipinski definition) is 1. The van der Waals surface area contributed by atoms with Gasteiger partial charge in [0.15, 0.2) is 0 Å². The smallest absolute Gasteiger partial charge is 0.0819 e. The second kappa shape index (κ2) is 6.17. The minimum atomic E-state index is -0.786. The lowest BCUT2D eigenvalue weighted by molar-refractivity contribution is 0.0147. The first-order valence-electron chi connectivity index (χ1n) is 4.99. The van der Waals surface area contributed by atoms with Crippen LogP contribution in [0.2, 0.25) is 0 Å². The summed E-state index contributed by atoms with van der Waals surface area (Å²) in [5, 5.41) is 9.57. The molecule has 0 aliphatic heterocycles. The number of hydrogen-bond acceptors (Lipinski definition) is 2. The second-order valence-electron chi connectivity index (χ2n) is 3.78. The van der Waals surface area contributed by atoms with E-state index in [-0.39, 0.29) is 0 Å². The Morgan fingerprint density at radius 1 is 1.62 bits per heavy atom. The zero-order chi connectivity index (χ0) is 10.3. The van der Waals surface area contributed by atoms with Gasteiger partial charge in [-0.2, -0.15) is 0 Å². The molecule has 2 atom stereocenters. The minimum Gasteiger partial charge on any atom is -0.386 e. The van der Waals surface area contributed by atoms with Crippen LogP contribution in [0.15, 0.2) is 12.7 Å². The molecule has 0 aliphatic rings. The Kier molecular flexibility index (Phi) is 6.00. The van der Waals surface area contributed by atoms with Crippen LogP contribution in [0, 0.1) is 0 Å². The monoisotopic (exact) mass is 186 g/mol. The molecule has 78 valence electrons. The van der Waals surface area contributed by atoms with E-state index in [1.807, 2.05) is 0 Å². The van der Waals surface area contributed by atoms with Gasteiger partial charge in [-0.15, -0.1) is 6.58 Å². The van der Waals surface area contributed by atoms with Crippen LogP contribution in [0.1, 0.15) is 40.0 Å². The number of aliphatic hydroxyl groups is 1. The standard InChI is InChI=1S/C11H22O2/c1-5-7-10(3)13-9-8-11(4,12)6-2/h6,10,12H,2,5,7-9H2,1,3-4H3. The van der Waals surface area contributed by atoms with Gasteiger partial charge >= 0.3 is 0 Å². The van der Waals surface area contributed by atoms with E-state index in [0.29, 0.717) is 19.1 Å². The summed E-state index contributed by atoms with van der Waals surface area (Å²) in [6.07, 6.45) is 4.69. The summed E-state index contributed by atoms with van der Waals surface area (Å²) in [4.78, 5) is 0. The van der Waals surface area contributed by atoms with Crippen LogP contribution in [0.5, 0.6) is 0 Å². The molecule has 0 aromatic heterocycles. The summed E-state index contributed by atoms with van der Waals surface area (Å²) in [6, 6.07) is 0. The van der Waals surface area contributed by atoms with Crippen molar-refractivity contribution in [3.8, 4) is 0 Å². The van der Waals surface area contributed by atoms with Gasteiger partial charge in [0.25, 0.3) is 0 Å². The summed E-state index contributed by atoms with van der Waals surface area (Å²) in [5.74, 6) is 0. The van der Waals surface area contributed by atoms with E-state index >= 15 is 0 Å². The lowest BCUT2D eigenvalue weighted by Crippen LogP contribution is -2.23. The van der Waals surface area contributed by atoms with Gasteiger partial charge in [-0.25, -0.2) is 0 Å². The van der Waals surface area contributed by atoms with Crippen LogP contribution >= 0.6 is 0 Å². The predicted molar refractivity (Wildman–Crippen MR) is 55.8 cm³/mol. The van der Waals surface area contributed by atoms with Crippen LogP contribution in [-0.4, -0.2) is 23.4 Å². The van der Waals surface area contributed by atoms with Gasteiger partial charge in [0.05, 0.1) is 11.7 Å². The lowest BCUT2D eigenvalue weighted by Gasteiger charge is -2.19. The van der Waals surface area contributed by atoms with E-state index in [1.165, 1.54) is 0 Å². The van der Waals surface area contributed by atoms with Crippen molar-refractivity contribution in [2.45, 2.75) is 51.7 Å². The largest absolute Gasteiger partial charge is 0.386 e. The van der Waals surface area contributed by atoms with E-state index < -0.39 is 5.60 Å². The number of rotatable bonds is 7. The molecular weight excluding hydrogens is 164 g/mol. The van der Waals surface area contributed by atoms with Gasteiger partial charge in [-0.1, -0.05) is 19.4 Å². The molecular formula is C11H22O2. The Morgan fingerprint density at radius 3 is 2.69 bits per heavy atom. The lowest BCUT2D eigenvalue weighted by atomic mass is 10.0. The third-order valence-corrected chi connectivity index (χ3v) is 2.15. The van der Waals surface area contributed by atoms with Crippen molar-refractivity contribution >= 4 is 0 Å². The van der Waals surface area contributed by atoms with Gasteiger partial charge in [0.2, 0.25) is 0 Å². The topological polar surface area (TPSA) is 29.5 Å². The van der Waals surface area contributed by atoms with Gasteiger partial charge in [0, 0.05) is 13.0 Å². The molecule has 0 aliphatic carbocycles. The molecule has 0 bridgehead atoms. The summed E-state index contributed by atoms with van der Waals surface area (Å²) in [5.41, 5.74) is -0.786. The molecule has 0 saturated carbocycles. The van der Waals surface area contributed by atoms with E-state index in [0.717, 1.165) is 12.8 Å². The fourth-order valence-electron chi connectivity index (χ4n) is 1.06. The highest BCUT2D eigenvalue weighted by atomic mass is 16.5. The summed E-state index contributed by atoms with van der Waals surface area (Å²) < 4.78 is 5.51. The molecule has 0 fully saturated rings. The first kappa shape index (κ1) is 12.7. The number of ether oxygens (including phenoxy) is 1. The quantitative estimate of drug-likeness (QED) is 0.619. The Bertz CT molecular complexity index is 141. The minimum absolute atomic E-state index is 0.297. The highest BCUT2D eigenvalue weighted by Crippen LogP contribution is 2.11. The maximum Gasteiger partial charge on any atom is 0.0819 e. The predicted octanol–water partition coefficient (Wildman–Crippen LogP) is 2.52. The Labute approximate surface area is 81.6 Å². The molecule has 2 heteroatoms. The van der Waals surface area contributed by atoms with E-state index in [1.54, 1.807) is 13.0 Å². The second-order valence-corrected chi connectivity index (χ2v) is 3.78. The molecule has 0 radical (unpaired) electrons. The van der Waals surface area contributed by atoms with E-state index in [4.69, 9.17) is 4.74 Å². The van der Waals surface area contributed by atoms with E-state index in [9.17, 15) is 5.11 Å². The van der Waals surface area contributed by atoms with Crippen molar-refractivity contribution in [2.75, 3.05) is 6.61 Å². The average molecular weight is 186 g/mol. The van der Waals surface area contributed by atoms with Crippen molar-refractivity contribution in [3.05, 3.63) is 12.7 Å². The molecule has 0 spiro atoms. The third kappa shape index (κ3) is 6.79. The Hall–Kier alpha value is -0.340. The Morgan fingerprint density at radius 2 is 2.23 bits per heavy atom. The zero-order valence-electron chi connectivity index (χ0n) is 9.05. The summed E-state index contributed by atoms with van der Waals surface area (Å²) in [7, 11) is 0. The van der Waals surface area contributed by atoms with Gasteiger partial charge in [0.1, 0.15) is 0 Å². The Balaban J connectivity index is 3.49. The zero-order valence-corrected chi connectivity index (χ0v) is 9.05. The molecule has 0 heterocycles. The van der Waals surface area contributed by atoms with Gasteiger partial charge < -0.3 is 9.84 Å². The van der Waals surface area contributed by atoms with E-state index in [2.05, 4.69) is 20.4 Å². The fraction of sp³-hybridized carbons (Fsp3) is 0.818. The maximum absolute atomic E-state index is 9.57. The van der Waals surface area contributed by atoms with Crippen molar-refractivity contribution in [3.63, 3.8) is 0 Å². The molecule has 13 heavy (non-hydrogen) atoms. The molecule has 2 nitrogen and oxygen atoms in total. The fourth-order valence-corrected chi connectivity index (χ4v) is 1.06. The average Bonchev–Trinajstić information content (AvgIpc) is 2.05. The highest BCUT2D eigenvalue weighted by molar-refractivity contribution is 4.91. The first-order valence-corrected chi connectivity index (χ1v) is 4.99. The summed E-state index contributed by atoms with van der Waals surface area (Å²) >= 11 is 0. The summed E-state index contributed by atoms with van der Waals surface area (Å²) in [6.45, 7) is 10.1. The van der Waals surface area contributed by atoms with Crippen molar-refractivity contribution in [2.24, 2.45) is 0 Å². The van der Waals surface area contributed by atoms with Crippen LogP contribution in [0.4, 0.5) is 0 Å². The maximum atomic E-state index is 9.57. The molecule has 2 unspecified atom stereocenters. The molecule has 0 saturated heterocycles. The normalized spacial score (nSPS) is 17.8. The van der Waals surface area contributed by atoms with Crippen LogP contribution in [0.3, 0.4) is 0 Å².